The van der Waals surface area contributed by atoms with Gasteiger partial charge >= 0.3 is 0 Å². The Morgan fingerprint density at radius 1 is 1.03 bits per heavy atom. The number of piperazine rings is 1. The molecule has 0 spiro atoms. The highest BCUT2D eigenvalue weighted by atomic mass is 16.1. The van der Waals surface area contributed by atoms with Crippen LogP contribution in [0, 0.1) is 20.8 Å². The van der Waals surface area contributed by atoms with Crippen molar-refractivity contribution in [3.63, 3.8) is 0 Å². The number of fused-ring (bicyclic) bond motifs is 1. The monoisotopic (exact) mass is 404 g/mol. The van der Waals surface area contributed by atoms with Gasteiger partial charge in [0.15, 0.2) is 0 Å². The molecule has 0 radical (unpaired) electrons. The first-order chi connectivity index (χ1) is 14.5. The van der Waals surface area contributed by atoms with Crippen LogP contribution in [0.1, 0.15) is 33.6 Å². The van der Waals surface area contributed by atoms with Crippen LogP contribution in [0.3, 0.4) is 0 Å². The Balaban J connectivity index is 1.21. The highest BCUT2D eigenvalue weighted by molar-refractivity contribution is 5.99. The van der Waals surface area contributed by atoms with E-state index >= 15 is 0 Å². The van der Waals surface area contributed by atoms with Gasteiger partial charge < -0.3 is 15.2 Å². The molecule has 0 unspecified atom stereocenters. The van der Waals surface area contributed by atoms with E-state index in [-0.39, 0.29) is 5.91 Å². The number of nitrogens with one attached hydrogen (secondary N) is 2. The third kappa shape index (κ3) is 4.51. The lowest BCUT2D eigenvalue weighted by Gasteiger charge is -2.36. The first-order valence-electron chi connectivity index (χ1n) is 10.9. The number of anilines is 1. The molecular formula is C25H32N4O. The summed E-state index contributed by atoms with van der Waals surface area (Å²) in [7, 11) is 0. The van der Waals surface area contributed by atoms with Crippen molar-refractivity contribution in [1.29, 1.82) is 0 Å². The minimum Gasteiger partial charge on any atom is -0.369 e. The highest BCUT2D eigenvalue weighted by Crippen LogP contribution is 2.22. The van der Waals surface area contributed by atoms with Crippen molar-refractivity contribution in [3.05, 3.63) is 64.8 Å². The molecule has 0 aliphatic carbocycles. The van der Waals surface area contributed by atoms with Crippen LogP contribution in [0.15, 0.2) is 42.5 Å². The SMILES string of the molecule is Cc1cccc(N2CCN(CCCNC(=O)c3ccc4[nH]c(C)c(C)c4c3)CC2)c1. The summed E-state index contributed by atoms with van der Waals surface area (Å²) in [6.07, 6.45) is 0.973. The number of aromatic nitrogens is 1. The fourth-order valence-corrected chi connectivity index (χ4v) is 4.26. The lowest BCUT2D eigenvalue weighted by Crippen LogP contribution is -2.47. The molecule has 2 aromatic carbocycles. The first-order valence-corrected chi connectivity index (χ1v) is 10.9. The summed E-state index contributed by atoms with van der Waals surface area (Å²) in [4.78, 5) is 20.9. The van der Waals surface area contributed by atoms with E-state index in [9.17, 15) is 4.79 Å². The molecule has 5 heteroatoms. The highest BCUT2D eigenvalue weighted by Gasteiger charge is 2.17. The van der Waals surface area contributed by atoms with Crippen molar-refractivity contribution in [2.24, 2.45) is 0 Å². The van der Waals surface area contributed by atoms with E-state index in [1.54, 1.807) is 0 Å². The Hall–Kier alpha value is -2.79. The molecule has 1 aromatic heterocycles. The van der Waals surface area contributed by atoms with Crippen LogP contribution in [-0.4, -0.2) is 55.1 Å². The van der Waals surface area contributed by atoms with Crippen LogP contribution in [0.4, 0.5) is 5.69 Å². The minimum absolute atomic E-state index is 0.0134. The molecule has 158 valence electrons. The molecule has 1 aliphatic heterocycles. The number of hydrogen-bond acceptors (Lipinski definition) is 3. The van der Waals surface area contributed by atoms with E-state index in [0.29, 0.717) is 6.54 Å². The maximum atomic E-state index is 12.5. The van der Waals surface area contributed by atoms with Gasteiger partial charge in [0.2, 0.25) is 0 Å². The normalized spacial score (nSPS) is 15.0. The Bertz CT molecular complexity index is 1030. The number of carbonyl (C=O) groups excluding carboxylic acids is 1. The molecule has 5 nitrogen and oxygen atoms in total. The summed E-state index contributed by atoms with van der Waals surface area (Å²) in [5.41, 5.74) is 6.83. The van der Waals surface area contributed by atoms with Gasteiger partial charge in [0.1, 0.15) is 0 Å². The van der Waals surface area contributed by atoms with E-state index in [1.165, 1.54) is 16.8 Å². The van der Waals surface area contributed by atoms with Crippen LogP contribution in [0.5, 0.6) is 0 Å². The Labute approximate surface area is 179 Å². The van der Waals surface area contributed by atoms with Gasteiger partial charge in [-0.25, -0.2) is 0 Å². The largest absolute Gasteiger partial charge is 0.369 e. The second-order valence-electron chi connectivity index (χ2n) is 8.41. The van der Waals surface area contributed by atoms with Gasteiger partial charge in [-0.3, -0.25) is 9.69 Å². The molecule has 0 atom stereocenters. The van der Waals surface area contributed by atoms with Crippen LogP contribution in [0.25, 0.3) is 10.9 Å². The molecule has 2 heterocycles. The Morgan fingerprint density at radius 2 is 1.83 bits per heavy atom. The maximum absolute atomic E-state index is 12.5. The smallest absolute Gasteiger partial charge is 0.251 e. The first kappa shape index (κ1) is 20.5. The fraction of sp³-hybridized carbons (Fsp3) is 0.400. The number of aromatic amines is 1. The van der Waals surface area contributed by atoms with E-state index < -0.39 is 0 Å². The lowest BCUT2D eigenvalue weighted by molar-refractivity contribution is 0.0951. The number of carbonyl (C=O) groups is 1. The van der Waals surface area contributed by atoms with Gasteiger partial charge in [-0.15, -0.1) is 0 Å². The van der Waals surface area contributed by atoms with E-state index in [4.69, 9.17) is 0 Å². The van der Waals surface area contributed by atoms with Crippen molar-refractivity contribution in [2.45, 2.75) is 27.2 Å². The summed E-state index contributed by atoms with van der Waals surface area (Å²) < 4.78 is 0. The molecule has 0 bridgehead atoms. The minimum atomic E-state index is 0.0134. The van der Waals surface area contributed by atoms with Crippen molar-refractivity contribution in [2.75, 3.05) is 44.2 Å². The summed E-state index contributed by atoms with van der Waals surface area (Å²) in [5.74, 6) is 0.0134. The van der Waals surface area contributed by atoms with Gasteiger partial charge in [-0.05, 0) is 75.2 Å². The van der Waals surface area contributed by atoms with Crippen molar-refractivity contribution >= 4 is 22.5 Å². The zero-order valence-electron chi connectivity index (χ0n) is 18.3. The average Bonchev–Trinajstić information content (AvgIpc) is 3.04. The second-order valence-corrected chi connectivity index (χ2v) is 8.41. The van der Waals surface area contributed by atoms with Gasteiger partial charge in [0.25, 0.3) is 5.91 Å². The van der Waals surface area contributed by atoms with Crippen LogP contribution in [0.2, 0.25) is 0 Å². The Morgan fingerprint density at radius 3 is 2.60 bits per heavy atom. The molecule has 0 saturated carbocycles. The summed E-state index contributed by atoms with van der Waals surface area (Å²) in [6, 6.07) is 14.6. The molecule has 1 saturated heterocycles. The number of nitrogens with zero attached hydrogens (tertiary/aromatic N) is 2. The number of H-pyrrole nitrogens is 1. The molecular weight excluding hydrogens is 372 g/mol. The predicted octanol–water partition coefficient (Wildman–Crippen LogP) is 4.04. The van der Waals surface area contributed by atoms with Gasteiger partial charge in [-0.2, -0.15) is 0 Å². The molecule has 1 amide bonds. The molecule has 3 aromatic rings. The van der Waals surface area contributed by atoms with Gasteiger partial charge in [0.05, 0.1) is 0 Å². The molecule has 1 fully saturated rings. The van der Waals surface area contributed by atoms with Crippen LogP contribution < -0.4 is 10.2 Å². The summed E-state index contributed by atoms with van der Waals surface area (Å²) in [6.45, 7) is 12.3. The molecule has 1 aliphatic rings. The molecule has 30 heavy (non-hydrogen) atoms. The number of rotatable bonds is 6. The Kier molecular flexibility index (Phi) is 6.09. The lowest BCUT2D eigenvalue weighted by atomic mass is 10.1. The van der Waals surface area contributed by atoms with E-state index in [1.807, 2.05) is 18.2 Å². The summed E-state index contributed by atoms with van der Waals surface area (Å²) >= 11 is 0. The third-order valence-electron chi connectivity index (χ3n) is 6.25. The average molecular weight is 405 g/mol. The second kappa shape index (κ2) is 8.92. The quantitative estimate of drug-likeness (QED) is 0.610. The summed E-state index contributed by atoms with van der Waals surface area (Å²) in [5, 5.41) is 4.22. The van der Waals surface area contributed by atoms with Crippen molar-refractivity contribution in [3.8, 4) is 0 Å². The molecule has 2 N–H and O–H groups in total. The zero-order valence-corrected chi connectivity index (χ0v) is 18.3. The number of benzene rings is 2. The topological polar surface area (TPSA) is 51.4 Å². The van der Waals surface area contributed by atoms with Gasteiger partial charge in [-0.1, -0.05) is 12.1 Å². The number of aryl methyl sites for hydroxylation is 3. The number of amides is 1. The standard InChI is InChI=1S/C25H32N4O/c1-18-6-4-7-22(16-18)29-14-12-28(13-15-29)11-5-10-26-25(30)21-8-9-24-23(17-21)19(2)20(3)27-24/h4,6-9,16-17,27H,5,10-15H2,1-3H3,(H,26,30). The fourth-order valence-electron chi connectivity index (χ4n) is 4.26. The third-order valence-corrected chi connectivity index (χ3v) is 6.25. The van der Waals surface area contributed by atoms with E-state index in [0.717, 1.165) is 61.3 Å². The van der Waals surface area contributed by atoms with E-state index in [2.05, 4.69) is 65.1 Å². The van der Waals surface area contributed by atoms with Gasteiger partial charge in [0, 0.05) is 60.6 Å². The van der Waals surface area contributed by atoms with Crippen molar-refractivity contribution < 1.29 is 4.79 Å². The molecule has 4 rings (SSSR count). The maximum Gasteiger partial charge on any atom is 0.251 e. The van der Waals surface area contributed by atoms with Crippen molar-refractivity contribution in [1.82, 2.24) is 15.2 Å². The number of hydrogen-bond donors (Lipinski definition) is 2. The van der Waals surface area contributed by atoms with Crippen LogP contribution in [-0.2, 0) is 0 Å². The predicted molar refractivity (Wildman–Crippen MR) is 125 cm³/mol. The zero-order chi connectivity index (χ0) is 21.1. The van der Waals surface area contributed by atoms with Crippen LogP contribution >= 0.6 is 0 Å².